The van der Waals surface area contributed by atoms with Gasteiger partial charge in [-0.2, -0.15) is 0 Å². The number of nitrogen functional groups attached to an aromatic ring is 1. The highest BCUT2D eigenvalue weighted by molar-refractivity contribution is 9.10. The number of esters is 1. The zero-order valence-electron chi connectivity index (χ0n) is 22.3. The lowest BCUT2D eigenvalue weighted by atomic mass is 10.1. The molecule has 0 radical (unpaired) electrons. The maximum atomic E-state index is 13.9. The van der Waals surface area contributed by atoms with Crippen molar-refractivity contribution in [1.29, 1.82) is 0 Å². The van der Waals surface area contributed by atoms with Gasteiger partial charge < -0.3 is 25.4 Å². The Labute approximate surface area is 240 Å². The monoisotopic (exact) mass is 614 g/mol. The average molecular weight is 616 g/mol. The van der Waals surface area contributed by atoms with E-state index in [0.29, 0.717) is 53.4 Å². The molecule has 10 nitrogen and oxygen atoms in total. The van der Waals surface area contributed by atoms with Crippen LogP contribution in [0.15, 0.2) is 47.5 Å². The highest BCUT2D eigenvalue weighted by atomic mass is 79.9. The van der Waals surface area contributed by atoms with Crippen molar-refractivity contribution in [3.63, 3.8) is 0 Å². The van der Waals surface area contributed by atoms with Crippen LogP contribution in [0, 0.1) is 5.82 Å². The predicted molar refractivity (Wildman–Crippen MR) is 155 cm³/mol. The van der Waals surface area contributed by atoms with Crippen LogP contribution < -0.4 is 15.8 Å². The third kappa shape index (κ3) is 7.52. The average Bonchev–Trinajstić information content (AvgIpc) is 2.93. The van der Waals surface area contributed by atoms with Crippen molar-refractivity contribution >= 4 is 50.3 Å². The van der Waals surface area contributed by atoms with Crippen LogP contribution in [0.4, 0.5) is 16.0 Å². The van der Waals surface area contributed by atoms with Crippen molar-refractivity contribution in [1.82, 2.24) is 19.8 Å². The summed E-state index contributed by atoms with van der Waals surface area (Å²) in [6, 6.07) is 7.98. The summed E-state index contributed by atoms with van der Waals surface area (Å²) < 4.78 is 25.3. The van der Waals surface area contributed by atoms with E-state index in [9.17, 15) is 14.0 Å². The van der Waals surface area contributed by atoms with Gasteiger partial charge in [-0.25, -0.2) is 14.4 Å². The predicted octanol–water partition coefficient (Wildman–Crippen LogP) is 3.85. The number of benzene rings is 2. The molecule has 1 aliphatic heterocycles. The summed E-state index contributed by atoms with van der Waals surface area (Å²) in [4.78, 5) is 37.1. The molecule has 0 unspecified atom stereocenters. The lowest BCUT2D eigenvalue weighted by Crippen LogP contribution is -2.48. The van der Waals surface area contributed by atoms with E-state index >= 15 is 0 Å². The van der Waals surface area contributed by atoms with Crippen LogP contribution in [0.25, 0.3) is 22.2 Å². The Kier molecular flexibility index (Phi) is 10.0. The van der Waals surface area contributed by atoms with Crippen LogP contribution in [0.2, 0.25) is 0 Å². The largest absolute Gasteiger partial charge is 0.491 e. The Hall–Kier alpha value is -3.61. The molecular weight excluding hydrogens is 583 g/mol. The topological polar surface area (TPSA) is 123 Å². The number of nitrogens with two attached hydrogens (primary N) is 1. The van der Waals surface area contributed by atoms with Gasteiger partial charge in [0.05, 0.1) is 41.1 Å². The maximum Gasteiger partial charge on any atom is 0.320 e. The standard InChI is InChI=1S/C28H32BrFN6O4/c1-3-25(37)32-23-15-19-22(33-28(31)34-27(19)18-6-7-21(30)20(29)14-18)16-24(23)40-13-5-8-35-9-11-36(12-10-35)17-26(38)39-4-2/h3,6-7,14-16H,1,4-5,8-13,17H2,2H3,(H,32,37)(H2,31,33,34). The Morgan fingerprint density at radius 2 is 1.93 bits per heavy atom. The smallest absolute Gasteiger partial charge is 0.320 e. The number of nitrogens with one attached hydrogen (secondary N) is 1. The third-order valence-electron chi connectivity index (χ3n) is 6.45. The van der Waals surface area contributed by atoms with Crippen molar-refractivity contribution in [3.8, 4) is 17.0 Å². The molecule has 1 aliphatic rings. The van der Waals surface area contributed by atoms with E-state index in [4.69, 9.17) is 15.2 Å². The summed E-state index contributed by atoms with van der Waals surface area (Å²) in [6.07, 6.45) is 1.93. The van der Waals surface area contributed by atoms with Gasteiger partial charge in [0.25, 0.3) is 0 Å². The number of anilines is 2. The van der Waals surface area contributed by atoms with E-state index in [1.807, 2.05) is 0 Å². The van der Waals surface area contributed by atoms with Gasteiger partial charge in [0.1, 0.15) is 11.6 Å². The molecule has 4 rings (SSSR count). The van der Waals surface area contributed by atoms with Crippen molar-refractivity contribution in [3.05, 3.63) is 53.3 Å². The fraction of sp³-hybridized carbons (Fsp3) is 0.357. The number of nitrogens with zero attached hydrogens (tertiary/aromatic N) is 4. The molecule has 0 aliphatic carbocycles. The molecule has 1 saturated heterocycles. The first-order valence-corrected chi connectivity index (χ1v) is 13.8. The van der Waals surface area contributed by atoms with Gasteiger partial charge in [-0.1, -0.05) is 6.58 Å². The Morgan fingerprint density at radius 3 is 2.62 bits per heavy atom. The molecule has 3 N–H and O–H groups in total. The first-order valence-electron chi connectivity index (χ1n) is 13.0. The zero-order valence-corrected chi connectivity index (χ0v) is 23.9. The Morgan fingerprint density at radius 1 is 1.18 bits per heavy atom. The number of rotatable bonds is 11. The van der Waals surface area contributed by atoms with Crippen molar-refractivity contribution in [2.45, 2.75) is 13.3 Å². The van der Waals surface area contributed by atoms with E-state index in [2.05, 4.69) is 47.6 Å². The fourth-order valence-electron chi connectivity index (χ4n) is 4.47. The van der Waals surface area contributed by atoms with Gasteiger partial charge in [-0.3, -0.25) is 14.5 Å². The number of ether oxygens (including phenoxy) is 2. The first-order chi connectivity index (χ1) is 19.3. The minimum absolute atomic E-state index is 0.0545. The molecule has 0 atom stereocenters. The number of aromatic nitrogens is 2. The number of fused-ring (bicyclic) bond motifs is 1. The summed E-state index contributed by atoms with van der Waals surface area (Å²) in [6.45, 7) is 10.6. The number of halogens is 2. The molecule has 40 heavy (non-hydrogen) atoms. The van der Waals surface area contributed by atoms with Crippen LogP contribution in [0.3, 0.4) is 0 Å². The number of carbonyl (C=O) groups excluding carboxylic acids is 2. The highest BCUT2D eigenvalue weighted by Gasteiger charge is 2.20. The molecular formula is C28H32BrFN6O4. The number of hydrogen-bond donors (Lipinski definition) is 2. The van der Waals surface area contributed by atoms with Crippen molar-refractivity contribution < 1.29 is 23.5 Å². The fourth-order valence-corrected chi connectivity index (χ4v) is 4.85. The van der Waals surface area contributed by atoms with Crippen molar-refractivity contribution in [2.75, 3.05) is 63.5 Å². The van der Waals surface area contributed by atoms with E-state index < -0.39 is 11.7 Å². The van der Waals surface area contributed by atoms with Crippen LogP contribution >= 0.6 is 15.9 Å². The van der Waals surface area contributed by atoms with Crippen LogP contribution in [0.1, 0.15) is 13.3 Å². The SMILES string of the molecule is C=CC(=O)Nc1cc2c(-c3ccc(F)c(Br)c3)nc(N)nc2cc1OCCCN1CCN(CC(=O)OCC)CC1. The summed E-state index contributed by atoms with van der Waals surface area (Å²) >= 11 is 3.21. The molecule has 1 fully saturated rings. The Bertz CT molecular complexity index is 1400. The number of carbonyl (C=O) groups is 2. The quantitative estimate of drug-likeness (QED) is 0.188. The molecule has 1 amide bonds. The summed E-state index contributed by atoms with van der Waals surface area (Å²) in [7, 11) is 0. The van der Waals surface area contributed by atoms with Gasteiger partial charge in [0.2, 0.25) is 11.9 Å². The second kappa shape index (κ2) is 13.6. The Balaban J connectivity index is 1.46. The molecule has 0 bridgehead atoms. The lowest BCUT2D eigenvalue weighted by Gasteiger charge is -2.34. The minimum Gasteiger partial charge on any atom is -0.491 e. The van der Waals surface area contributed by atoms with Crippen molar-refractivity contribution in [2.24, 2.45) is 0 Å². The molecule has 2 aromatic carbocycles. The lowest BCUT2D eigenvalue weighted by molar-refractivity contribution is -0.144. The van der Waals surface area contributed by atoms with Crippen LogP contribution in [-0.4, -0.2) is 84.1 Å². The number of amides is 1. The van der Waals surface area contributed by atoms with E-state index in [-0.39, 0.29) is 16.4 Å². The second-order valence-corrected chi connectivity index (χ2v) is 10.1. The van der Waals surface area contributed by atoms with E-state index in [1.165, 1.54) is 12.1 Å². The molecule has 0 spiro atoms. The van der Waals surface area contributed by atoms with E-state index in [1.54, 1.807) is 31.2 Å². The molecule has 212 valence electrons. The second-order valence-electron chi connectivity index (χ2n) is 9.24. The van der Waals surface area contributed by atoms with Gasteiger partial charge in [-0.15, -0.1) is 0 Å². The molecule has 2 heterocycles. The molecule has 12 heteroatoms. The summed E-state index contributed by atoms with van der Waals surface area (Å²) in [5.41, 5.74) is 8.08. The summed E-state index contributed by atoms with van der Waals surface area (Å²) in [5.74, 6) is -0.496. The minimum atomic E-state index is -0.400. The van der Waals surface area contributed by atoms with Gasteiger partial charge in [0, 0.05) is 49.7 Å². The zero-order chi connectivity index (χ0) is 28.6. The normalized spacial score (nSPS) is 14.2. The first kappa shape index (κ1) is 29.4. The van der Waals surface area contributed by atoms with Crippen LogP contribution in [0.5, 0.6) is 5.75 Å². The molecule has 0 saturated carbocycles. The van der Waals surface area contributed by atoms with Gasteiger partial charge in [0.15, 0.2) is 0 Å². The van der Waals surface area contributed by atoms with Crippen LogP contribution in [-0.2, 0) is 14.3 Å². The molecule has 1 aromatic heterocycles. The maximum absolute atomic E-state index is 13.9. The van der Waals surface area contributed by atoms with Gasteiger partial charge >= 0.3 is 5.97 Å². The van der Waals surface area contributed by atoms with E-state index in [0.717, 1.165) is 39.1 Å². The van der Waals surface area contributed by atoms with Gasteiger partial charge in [-0.05, 0) is 59.6 Å². The third-order valence-corrected chi connectivity index (χ3v) is 7.06. The number of hydrogen-bond acceptors (Lipinski definition) is 9. The number of piperazine rings is 1. The summed E-state index contributed by atoms with van der Waals surface area (Å²) in [5, 5.41) is 3.41. The molecule has 3 aromatic rings. The highest BCUT2D eigenvalue weighted by Crippen LogP contribution is 2.36.